The second kappa shape index (κ2) is 5.85. The lowest BCUT2D eigenvalue weighted by molar-refractivity contribution is 0.0599. The van der Waals surface area contributed by atoms with Gasteiger partial charge in [-0.1, -0.05) is 30.3 Å². The zero-order valence-corrected chi connectivity index (χ0v) is 15.2. The normalized spacial score (nSPS) is 14.7. The number of carbonyl (C=O) groups excluding carboxylic acids is 1. The Labute approximate surface area is 159 Å². The lowest BCUT2D eigenvalue weighted by Crippen LogP contribution is -2.21. The zero-order valence-electron chi connectivity index (χ0n) is 15.2. The van der Waals surface area contributed by atoms with Gasteiger partial charge in [0.2, 0.25) is 5.95 Å². The third-order valence-electron chi connectivity index (χ3n) is 5.02. The average Bonchev–Trinajstić information content (AvgIpc) is 3.28. The molecule has 0 aliphatic carbocycles. The van der Waals surface area contributed by atoms with Crippen LogP contribution in [0.2, 0.25) is 0 Å². The molecule has 1 aliphatic rings. The molecule has 8 heteroatoms. The Bertz CT molecular complexity index is 1310. The molecule has 0 fully saturated rings. The number of esters is 1. The van der Waals surface area contributed by atoms with Crippen molar-refractivity contribution < 1.29 is 9.53 Å². The van der Waals surface area contributed by atoms with Crippen LogP contribution in [0.25, 0.3) is 16.9 Å². The number of carbonyl (C=O) groups is 1. The van der Waals surface area contributed by atoms with Crippen molar-refractivity contribution in [1.82, 2.24) is 24.3 Å². The zero-order chi connectivity index (χ0) is 19.4. The summed E-state index contributed by atoms with van der Waals surface area (Å²) in [7, 11) is 1.30. The molecule has 0 radical (unpaired) electrons. The van der Waals surface area contributed by atoms with Crippen LogP contribution in [-0.2, 0) is 4.74 Å². The minimum atomic E-state index is -0.526. The lowest BCUT2D eigenvalue weighted by atomic mass is 10.0. The van der Waals surface area contributed by atoms with Crippen molar-refractivity contribution in [3.05, 3.63) is 81.7 Å². The first-order valence-corrected chi connectivity index (χ1v) is 8.70. The predicted molar refractivity (Wildman–Crippen MR) is 101 cm³/mol. The molecule has 1 atom stereocenters. The molecule has 0 bridgehead atoms. The van der Waals surface area contributed by atoms with E-state index in [-0.39, 0.29) is 17.2 Å². The van der Waals surface area contributed by atoms with Gasteiger partial charge in [-0.05, 0) is 24.6 Å². The van der Waals surface area contributed by atoms with Gasteiger partial charge in [0.1, 0.15) is 12.4 Å². The van der Waals surface area contributed by atoms with Crippen LogP contribution in [0, 0.1) is 6.92 Å². The van der Waals surface area contributed by atoms with E-state index in [1.165, 1.54) is 24.1 Å². The topological polar surface area (TPSA) is 91.9 Å². The Morgan fingerprint density at radius 2 is 1.96 bits per heavy atom. The quantitative estimate of drug-likeness (QED) is 0.440. The molecule has 0 amide bonds. The molecule has 1 aliphatic heterocycles. The number of hydrogen-bond acceptors (Lipinski definition) is 6. The Kier molecular flexibility index (Phi) is 3.42. The molecule has 3 aromatic heterocycles. The summed E-state index contributed by atoms with van der Waals surface area (Å²) in [6, 6.07) is 12.9. The highest BCUT2D eigenvalue weighted by Crippen LogP contribution is 2.34. The van der Waals surface area contributed by atoms with E-state index >= 15 is 0 Å². The van der Waals surface area contributed by atoms with Gasteiger partial charge in [-0.3, -0.25) is 9.78 Å². The maximum atomic E-state index is 13.3. The summed E-state index contributed by atoms with van der Waals surface area (Å²) in [5.41, 5.74) is 2.73. The van der Waals surface area contributed by atoms with Crippen LogP contribution in [0.4, 0.5) is 0 Å². The molecule has 8 nitrogen and oxygen atoms in total. The number of benzene rings is 1. The van der Waals surface area contributed by atoms with E-state index < -0.39 is 5.97 Å². The van der Waals surface area contributed by atoms with Crippen molar-refractivity contribution in [3.63, 3.8) is 0 Å². The Balaban J connectivity index is 1.84. The molecule has 0 saturated heterocycles. The van der Waals surface area contributed by atoms with Crippen molar-refractivity contribution >= 4 is 16.9 Å². The molecule has 4 aromatic rings. The number of rotatable bonds is 2. The summed E-state index contributed by atoms with van der Waals surface area (Å²) >= 11 is 0. The first-order chi connectivity index (χ1) is 13.6. The van der Waals surface area contributed by atoms with E-state index in [2.05, 4.69) is 15.1 Å². The first kappa shape index (κ1) is 16.4. The number of pyridine rings is 2. The number of aromatic nitrogens is 5. The van der Waals surface area contributed by atoms with E-state index in [0.717, 1.165) is 11.3 Å². The molecule has 1 aromatic carbocycles. The van der Waals surface area contributed by atoms with Gasteiger partial charge >= 0.3 is 5.97 Å². The maximum Gasteiger partial charge on any atom is 0.339 e. The monoisotopic (exact) mass is 373 g/mol. The summed E-state index contributed by atoms with van der Waals surface area (Å²) in [5.74, 6) is -0.0851. The second-order valence-corrected chi connectivity index (χ2v) is 6.57. The van der Waals surface area contributed by atoms with Gasteiger partial charge in [-0.25, -0.2) is 14.0 Å². The fourth-order valence-electron chi connectivity index (χ4n) is 3.73. The molecule has 0 saturated carbocycles. The van der Waals surface area contributed by atoms with Crippen LogP contribution in [0.3, 0.4) is 0 Å². The number of nitrogens with zero attached hydrogens (tertiary/aromatic N) is 5. The van der Waals surface area contributed by atoms with E-state index in [1.54, 1.807) is 11.6 Å². The van der Waals surface area contributed by atoms with Crippen LogP contribution in [0.5, 0.6) is 0 Å². The van der Waals surface area contributed by atoms with Gasteiger partial charge in [0.25, 0.3) is 5.56 Å². The van der Waals surface area contributed by atoms with Crippen LogP contribution >= 0.6 is 0 Å². The molecule has 138 valence electrons. The molecule has 0 spiro atoms. The van der Waals surface area contributed by atoms with Crippen LogP contribution < -0.4 is 5.56 Å². The summed E-state index contributed by atoms with van der Waals surface area (Å²) in [5, 5.41) is 4.66. The van der Waals surface area contributed by atoms with Gasteiger partial charge in [-0.2, -0.15) is 10.1 Å². The predicted octanol–water partition coefficient (Wildman–Crippen LogP) is 2.02. The Morgan fingerprint density at radius 1 is 1.18 bits per heavy atom. The standard InChI is InChI=1S/C20H15N5O3/c1-11-13(19(27)28-2)8-14-15(23-11)9-16-17(12-6-4-3-5-7-12)25-20(21-10-22-25)24(16)18(14)26/h3-10,17H,1-2H3/t17-/m1/s1. The fraction of sp³-hybridized carbons (Fsp3) is 0.150. The number of aryl methyl sites for hydroxylation is 1. The van der Waals surface area contributed by atoms with Crippen molar-refractivity contribution in [2.24, 2.45) is 0 Å². The van der Waals surface area contributed by atoms with Gasteiger partial charge in [-0.15, -0.1) is 0 Å². The van der Waals surface area contributed by atoms with E-state index in [9.17, 15) is 9.59 Å². The highest BCUT2D eigenvalue weighted by molar-refractivity contribution is 5.95. The third-order valence-corrected chi connectivity index (χ3v) is 5.02. The highest BCUT2D eigenvalue weighted by atomic mass is 16.5. The molecular formula is C20H15N5O3. The molecule has 4 heterocycles. The molecule has 0 N–H and O–H groups in total. The SMILES string of the molecule is COC(=O)c1cc2c(=O)n3c(cc2nc1C)[C@@H](c1ccccc1)n1ncnc1-3. The van der Waals surface area contributed by atoms with Crippen molar-refractivity contribution in [1.29, 1.82) is 0 Å². The largest absolute Gasteiger partial charge is 0.465 e. The van der Waals surface area contributed by atoms with Crippen LogP contribution in [0.15, 0.2) is 53.6 Å². The third kappa shape index (κ3) is 2.14. The van der Waals surface area contributed by atoms with Crippen LogP contribution in [-0.4, -0.2) is 37.4 Å². The van der Waals surface area contributed by atoms with Gasteiger partial charge in [0.15, 0.2) is 0 Å². The van der Waals surface area contributed by atoms with Crippen molar-refractivity contribution in [2.75, 3.05) is 7.11 Å². The van der Waals surface area contributed by atoms with E-state index in [0.29, 0.717) is 22.5 Å². The Morgan fingerprint density at radius 3 is 2.71 bits per heavy atom. The number of methoxy groups -OCH3 is 1. The molecule has 0 unspecified atom stereocenters. The minimum Gasteiger partial charge on any atom is -0.465 e. The van der Waals surface area contributed by atoms with Gasteiger partial charge in [0.05, 0.1) is 35.0 Å². The Hall–Kier alpha value is -3.81. The smallest absolute Gasteiger partial charge is 0.339 e. The van der Waals surface area contributed by atoms with E-state index in [4.69, 9.17) is 4.74 Å². The summed E-state index contributed by atoms with van der Waals surface area (Å²) in [6.07, 6.45) is 1.43. The van der Waals surface area contributed by atoms with Crippen molar-refractivity contribution in [3.8, 4) is 5.95 Å². The maximum absolute atomic E-state index is 13.3. The molecule has 28 heavy (non-hydrogen) atoms. The number of fused-ring (bicyclic) bond motifs is 4. The lowest BCUT2D eigenvalue weighted by Gasteiger charge is -2.14. The summed E-state index contributed by atoms with van der Waals surface area (Å²) < 4.78 is 8.06. The first-order valence-electron chi connectivity index (χ1n) is 8.70. The van der Waals surface area contributed by atoms with Crippen LogP contribution in [0.1, 0.15) is 33.4 Å². The summed E-state index contributed by atoms with van der Waals surface area (Å²) in [6.45, 7) is 1.72. The molecule has 5 rings (SSSR count). The summed E-state index contributed by atoms with van der Waals surface area (Å²) in [4.78, 5) is 34.1. The average molecular weight is 373 g/mol. The highest BCUT2D eigenvalue weighted by Gasteiger charge is 2.33. The number of hydrogen-bond donors (Lipinski definition) is 0. The van der Waals surface area contributed by atoms with Gasteiger partial charge < -0.3 is 4.74 Å². The minimum absolute atomic E-state index is 0.270. The fourth-order valence-corrected chi connectivity index (χ4v) is 3.73. The van der Waals surface area contributed by atoms with Crippen molar-refractivity contribution in [2.45, 2.75) is 13.0 Å². The van der Waals surface area contributed by atoms with Gasteiger partial charge in [0, 0.05) is 0 Å². The second-order valence-electron chi connectivity index (χ2n) is 6.57. The molecular weight excluding hydrogens is 358 g/mol. The van der Waals surface area contributed by atoms with E-state index in [1.807, 2.05) is 36.4 Å². The number of ether oxygens (including phenoxy) is 1.